The van der Waals surface area contributed by atoms with Crippen molar-refractivity contribution in [3.8, 4) is 0 Å². The number of unbranched alkanes of at least 4 members (excludes halogenated alkanes) is 33. The van der Waals surface area contributed by atoms with Crippen molar-refractivity contribution in [3.05, 3.63) is 0 Å². The Labute approximate surface area is 380 Å². The zero-order valence-electron chi connectivity index (χ0n) is 41.8. The quantitative estimate of drug-likeness (QED) is 0.0344. The van der Waals surface area contributed by atoms with Crippen LogP contribution in [0.15, 0.2) is 0 Å². The number of rotatable bonds is 49. The molecule has 0 bridgehead atoms. The highest BCUT2D eigenvalue weighted by Gasteiger charge is 2.19. The highest BCUT2D eigenvalue weighted by molar-refractivity contribution is 5.71. The topological polar surface area (TPSA) is 78.9 Å². The van der Waals surface area contributed by atoms with Crippen LogP contribution in [0.5, 0.6) is 0 Å². The van der Waals surface area contributed by atoms with E-state index in [1.54, 1.807) is 0 Å². The molecule has 0 heterocycles. The number of carbonyl (C=O) groups is 3. The van der Waals surface area contributed by atoms with Crippen molar-refractivity contribution in [2.45, 2.75) is 310 Å². The Morgan fingerprint density at radius 1 is 0.344 bits per heavy atom. The molecule has 0 aliphatic heterocycles. The average Bonchev–Trinajstić information content (AvgIpc) is 3.24. The Kier molecular flexibility index (Phi) is 46.6. The molecule has 0 saturated carbocycles. The second kappa shape index (κ2) is 47.9. The van der Waals surface area contributed by atoms with Crippen LogP contribution < -0.4 is 0 Å². The molecule has 0 aromatic heterocycles. The van der Waals surface area contributed by atoms with Gasteiger partial charge in [-0.25, -0.2) is 0 Å². The van der Waals surface area contributed by atoms with Crippen LogP contribution in [0.4, 0.5) is 0 Å². The molecule has 1 unspecified atom stereocenters. The third kappa shape index (κ3) is 47.7. The van der Waals surface area contributed by atoms with Crippen LogP contribution in [-0.4, -0.2) is 37.2 Å². The summed E-state index contributed by atoms with van der Waals surface area (Å²) in [6.07, 6.45) is 49.6. The van der Waals surface area contributed by atoms with E-state index < -0.39 is 6.10 Å². The smallest absolute Gasteiger partial charge is 0.306 e. The van der Waals surface area contributed by atoms with E-state index in [1.165, 1.54) is 193 Å². The largest absolute Gasteiger partial charge is 0.462 e. The van der Waals surface area contributed by atoms with Gasteiger partial charge in [0, 0.05) is 19.3 Å². The van der Waals surface area contributed by atoms with Crippen LogP contribution in [0.3, 0.4) is 0 Å². The maximum Gasteiger partial charge on any atom is 0.306 e. The molecule has 0 saturated heterocycles. The normalized spacial score (nSPS) is 12.5. The fourth-order valence-corrected chi connectivity index (χ4v) is 8.31. The molecule has 0 radical (unpaired) electrons. The van der Waals surface area contributed by atoms with Gasteiger partial charge in [0.25, 0.3) is 0 Å². The first-order valence-electron chi connectivity index (χ1n) is 27.3. The van der Waals surface area contributed by atoms with Crippen LogP contribution in [0.1, 0.15) is 304 Å². The standard InChI is InChI=1S/C55H106O6/c1-6-8-9-10-11-12-24-32-37-42-47-55(58)61-52(49-60-54(57)46-41-36-31-27-26-28-33-38-43-50(3)4)48-59-53(56)45-40-35-30-25-22-20-18-16-14-13-15-17-19-21-23-29-34-39-44-51(5)7-2/h50-52H,6-49H2,1-5H3/t51?,52-/m0/s1. The van der Waals surface area contributed by atoms with Gasteiger partial charge in [0.2, 0.25) is 0 Å². The van der Waals surface area contributed by atoms with E-state index in [1.807, 2.05) is 0 Å². The minimum Gasteiger partial charge on any atom is -0.462 e. The number of esters is 3. The molecule has 0 amide bonds. The number of hydrogen-bond acceptors (Lipinski definition) is 6. The average molecular weight is 863 g/mol. The Morgan fingerprint density at radius 3 is 0.934 bits per heavy atom. The van der Waals surface area contributed by atoms with Crippen molar-refractivity contribution >= 4 is 17.9 Å². The van der Waals surface area contributed by atoms with Gasteiger partial charge < -0.3 is 14.2 Å². The van der Waals surface area contributed by atoms with Gasteiger partial charge in [-0.2, -0.15) is 0 Å². The van der Waals surface area contributed by atoms with Crippen LogP contribution in [0, 0.1) is 11.8 Å². The Hall–Kier alpha value is -1.59. The first-order chi connectivity index (χ1) is 29.8. The lowest BCUT2D eigenvalue weighted by atomic mass is 9.99. The van der Waals surface area contributed by atoms with E-state index in [4.69, 9.17) is 14.2 Å². The van der Waals surface area contributed by atoms with Crippen molar-refractivity contribution in [2.24, 2.45) is 11.8 Å². The summed E-state index contributed by atoms with van der Waals surface area (Å²) in [4.78, 5) is 37.9. The van der Waals surface area contributed by atoms with Crippen molar-refractivity contribution in [1.82, 2.24) is 0 Å². The lowest BCUT2D eigenvalue weighted by molar-refractivity contribution is -0.167. The first-order valence-corrected chi connectivity index (χ1v) is 27.3. The molecule has 0 fully saturated rings. The lowest BCUT2D eigenvalue weighted by Gasteiger charge is -2.18. The summed E-state index contributed by atoms with van der Waals surface area (Å²) < 4.78 is 16.8. The van der Waals surface area contributed by atoms with Gasteiger partial charge in [0.05, 0.1) is 0 Å². The summed E-state index contributed by atoms with van der Waals surface area (Å²) in [5, 5.41) is 0. The molecule has 0 aromatic carbocycles. The molecule has 0 aliphatic carbocycles. The monoisotopic (exact) mass is 863 g/mol. The Morgan fingerprint density at radius 2 is 0.623 bits per heavy atom. The molecule has 0 N–H and O–H groups in total. The van der Waals surface area contributed by atoms with Crippen molar-refractivity contribution in [1.29, 1.82) is 0 Å². The zero-order valence-corrected chi connectivity index (χ0v) is 41.8. The summed E-state index contributed by atoms with van der Waals surface area (Å²) in [7, 11) is 0. The van der Waals surface area contributed by atoms with Gasteiger partial charge in [0.15, 0.2) is 6.10 Å². The van der Waals surface area contributed by atoms with Gasteiger partial charge >= 0.3 is 17.9 Å². The van der Waals surface area contributed by atoms with Crippen molar-refractivity contribution < 1.29 is 28.6 Å². The summed E-state index contributed by atoms with van der Waals surface area (Å²) in [5.74, 6) is 0.857. The molecular formula is C55H106O6. The van der Waals surface area contributed by atoms with Crippen LogP contribution >= 0.6 is 0 Å². The van der Waals surface area contributed by atoms with Gasteiger partial charge in [0.1, 0.15) is 13.2 Å². The fourth-order valence-electron chi connectivity index (χ4n) is 8.31. The van der Waals surface area contributed by atoms with E-state index in [0.717, 1.165) is 69.6 Å². The molecule has 61 heavy (non-hydrogen) atoms. The SMILES string of the molecule is CCCCCCCCCCCCC(=O)O[C@@H](COC(=O)CCCCCCCCCCCCCCCCCCCCC(C)CC)COC(=O)CCCCCCCCCCC(C)C. The summed E-state index contributed by atoms with van der Waals surface area (Å²) in [6, 6.07) is 0. The molecule has 0 aliphatic rings. The number of ether oxygens (including phenoxy) is 3. The highest BCUT2D eigenvalue weighted by atomic mass is 16.6. The summed E-state index contributed by atoms with van der Waals surface area (Å²) in [5.41, 5.74) is 0. The molecule has 362 valence electrons. The molecule has 6 nitrogen and oxygen atoms in total. The predicted molar refractivity (Wildman–Crippen MR) is 261 cm³/mol. The summed E-state index contributed by atoms with van der Waals surface area (Å²) in [6.45, 7) is 11.4. The van der Waals surface area contributed by atoms with Crippen molar-refractivity contribution in [3.63, 3.8) is 0 Å². The maximum absolute atomic E-state index is 12.7. The molecule has 6 heteroatoms. The minimum atomic E-state index is -0.761. The van der Waals surface area contributed by atoms with E-state index in [0.29, 0.717) is 19.3 Å². The van der Waals surface area contributed by atoms with Gasteiger partial charge in [-0.05, 0) is 31.1 Å². The molecule has 0 rings (SSSR count). The number of carbonyl (C=O) groups excluding carboxylic acids is 3. The maximum atomic E-state index is 12.7. The summed E-state index contributed by atoms with van der Waals surface area (Å²) >= 11 is 0. The minimum absolute atomic E-state index is 0.0637. The fraction of sp³-hybridized carbons (Fsp3) is 0.945. The second-order valence-electron chi connectivity index (χ2n) is 19.6. The van der Waals surface area contributed by atoms with Crippen LogP contribution in [-0.2, 0) is 28.6 Å². The van der Waals surface area contributed by atoms with Gasteiger partial charge in [-0.15, -0.1) is 0 Å². The van der Waals surface area contributed by atoms with E-state index in [-0.39, 0.29) is 31.1 Å². The van der Waals surface area contributed by atoms with E-state index in [9.17, 15) is 14.4 Å². The van der Waals surface area contributed by atoms with E-state index >= 15 is 0 Å². The van der Waals surface area contributed by atoms with E-state index in [2.05, 4.69) is 34.6 Å². The lowest BCUT2D eigenvalue weighted by Crippen LogP contribution is -2.30. The predicted octanol–water partition coefficient (Wildman–Crippen LogP) is 17.7. The molecular weight excluding hydrogens is 757 g/mol. The van der Waals surface area contributed by atoms with Gasteiger partial charge in [-0.1, -0.05) is 266 Å². The molecule has 2 atom stereocenters. The van der Waals surface area contributed by atoms with Crippen LogP contribution in [0.2, 0.25) is 0 Å². The second-order valence-corrected chi connectivity index (χ2v) is 19.6. The first kappa shape index (κ1) is 59.4. The zero-order chi connectivity index (χ0) is 44.7. The van der Waals surface area contributed by atoms with Gasteiger partial charge in [-0.3, -0.25) is 14.4 Å². The molecule has 0 aromatic rings. The third-order valence-electron chi connectivity index (χ3n) is 12.8. The number of hydrogen-bond donors (Lipinski definition) is 0. The Bertz CT molecular complexity index is 933. The Balaban J connectivity index is 4.16. The van der Waals surface area contributed by atoms with Crippen molar-refractivity contribution in [2.75, 3.05) is 13.2 Å². The third-order valence-corrected chi connectivity index (χ3v) is 12.8. The van der Waals surface area contributed by atoms with Crippen LogP contribution in [0.25, 0.3) is 0 Å². The highest BCUT2D eigenvalue weighted by Crippen LogP contribution is 2.18. The molecule has 0 spiro atoms.